The van der Waals surface area contributed by atoms with E-state index in [9.17, 15) is 20.0 Å². The van der Waals surface area contributed by atoms with Gasteiger partial charge in [0.2, 0.25) is 5.88 Å². The highest BCUT2D eigenvalue weighted by Gasteiger charge is 2.27. The van der Waals surface area contributed by atoms with E-state index in [0.717, 1.165) is 15.7 Å². The maximum atomic E-state index is 13.4. The van der Waals surface area contributed by atoms with Crippen LogP contribution in [0.5, 0.6) is 5.88 Å². The van der Waals surface area contributed by atoms with Gasteiger partial charge in [-0.25, -0.2) is 0 Å². The average Bonchev–Trinajstić information content (AvgIpc) is 2.74. The smallest absolute Gasteiger partial charge is 0.272 e. The van der Waals surface area contributed by atoms with Crippen LogP contribution in [-0.4, -0.2) is 15.5 Å². The molecular formula is C26H26N2O3. The molecule has 0 spiro atoms. The molecule has 0 saturated carbocycles. The van der Waals surface area contributed by atoms with Gasteiger partial charge in [0.1, 0.15) is 11.6 Å². The third-order valence-electron chi connectivity index (χ3n) is 5.66. The fourth-order valence-corrected chi connectivity index (χ4v) is 3.70. The number of hydrogen-bond donors (Lipinski definition) is 1. The Kier molecular flexibility index (Phi) is 5.85. The van der Waals surface area contributed by atoms with Gasteiger partial charge in [0.05, 0.1) is 11.6 Å². The van der Waals surface area contributed by atoms with Crippen LogP contribution >= 0.6 is 0 Å². The Bertz CT molecular complexity index is 1230. The number of ketones is 1. The van der Waals surface area contributed by atoms with E-state index in [-0.39, 0.29) is 22.1 Å². The lowest BCUT2D eigenvalue weighted by atomic mass is 9.86. The molecule has 0 aliphatic carbocycles. The molecule has 1 heterocycles. The Hall–Kier alpha value is -3.65. The monoisotopic (exact) mass is 414 g/mol. The number of aromatic hydroxyl groups is 1. The maximum Gasteiger partial charge on any atom is 0.272 e. The summed E-state index contributed by atoms with van der Waals surface area (Å²) in [6, 6.07) is 17.7. The lowest BCUT2D eigenvalue weighted by molar-refractivity contribution is 0.103. The highest BCUT2D eigenvalue weighted by atomic mass is 16.3. The standard InChI is InChI=1S/C26H26N2O3/c1-16-21(15-27)24(30)28(17(2)18-9-7-6-8-10-18)25(31)22(16)23(29)19-11-13-20(14-12-19)26(3,4)5/h6-14,17,31H,1-5H3. The molecule has 3 rings (SSSR count). The number of hydrogen-bond acceptors (Lipinski definition) is 4. The number of benzene rings is 2. The number of carbonyl (C=O) groups excluding carboxylic acids is 1. The van der Waals surface area contributed by atoms with Crippen molar-refractivity contribution in [3.8, 4) is 11.9 Å². The van der Waals surface area contributed by atoms with Crippen molar-refractivity contribution in [2.24, 2.45) is 0 Å². The number of pyridine rings is 1. The van der Waals surface area contributed by atoms with Crippen molar-refractivity contribution in [3.05, 3.63) is 98.3 Å². The van der Waals surface area contributed by atoms with Crippen LogP contribution < -0.4 is 5.56 Å². The second kappa shape index (κ2) is 8.23. The van der Waals surface area contributed by atoms with Crippen molar-refractivity contribution in [1.29, 1.82) is 5.26 Å². The summed E-state index contributed by atoms with van der Waals surface area (Å²) in [5.41, 5.74) is 1.57. The van der Waals surface area contributed by atoms with Gasteiger partial charge in [-0.3, -0.25) is 14.2 Å². The second-order valence-corrected chi connectivity index (χ2v) is 8.73. The molecule has 0 fully saturated rings. The predicted molar refractivity (Wildman–Crippen MR) is 121 cm³/mol. The summed E-state index contributed by atoms with van der Waals surface area (Å²) in [6.07, 6.45) is 0. The van der Waals surface area contributed by atoms with E-state index in [1.165, 1.54) is 6.92 Å². The fourth-order valence-electron chi connectivity index (χ4n) is 3.70. The van der Waals surface area contributed by atoms with Crippen molar-refractivity contribution in [3.63, 3.8) is 0 Å². The van der Waals surface area contributed by atoms with Crippen LogP contribution in [0, 0.1) is 18.3 Å². The lowest BCUT2D eigenvalue weighted by Gasteiger charge is -2.21. The summed E-state index contributed by atoms with van der Waals surface area (Å²) in [6.45, 7) is 9.52. The van der Waals surface area contributed by atoms with Gasteiger partial charge in [0.25, 0.3) is 5.56 Å². The Labute approximate surface area is 182 Å². The normalized spacial score (nSPS) is 12.3. The summed E-state index contributed by atoms with van der Waals surface area (Å²) in [5.74, 6) is -0.858. The Morgan fingerprint density at radius 3 is 2.16 bits per heavy atom. The molecule has 158 valence electrons. The summed E-state index contributed by atoms with van der Waals surface area (Å²) < 4.78 is 1.12. The number of nitriles is 1. The molecule has 0 aliphatic heterocycles. The quantitative estimate of drug-likeness (QED) is 0.617. The van der Waals surface area contributed by atoms with Crippen LogP contribution in [0.4, 0.5) is 0 Å². The van der Waals surface area contributed by atoms with E-state index >= 15 is 0 Å². The zero-order valence-corrected chi connectivity index (χ0v) is 18.4. The minimum Gasteiger partial charge on any atom is -0.494 e. The Morgan fingerprint density at radius 2 is 1.65 bits per heavy atom. The number of nitrogens with zero attached hydrogens (tertiary/aromatic N) is 2. The molecule has 1 unspecified atom stereocenters. The predicted octanol–water partition coefficient (Wildman–Crippen LogP) is 4.87. The van der Waals surface area contributed by atoms with Gasteiger partial charge in [-0.15, -0.1) is 0 Å². The highest BCUT2D eigenvalue weighted by molar-refractivity contribution is 6.11. The van der Waals surface area contributed by atoms with Gasteiger partial charge in [-0.1, -0.05) is 75.4 Å². The van der Waals surface area contributed by atoms with Crippen molar-refractivity contribution < 1.29 is 9.90 Å². The Balaban J connectivity index is 2.20. The molecule has 0 radical (unpaired) electrons. The number of aromatic nitrogens is 1. The summed E-state index contributed by atoms with van der Waals surface area (Å²) in [5, 5.41) is 20.7. The Morgan fingerprint density at radius 1 is 1.06 bits per heavy atom. The van der Waals surface area contributed by atoms with Crippen LogP contribution in [0.15, 0.2) is 59.4 Å². The zero-order chi connectivity index (χ0) is 22.9. The highest BCUT2D eigenvalue weighted by Crippen LogP contribution is 2.30. The SMILES string of the molecule is Cc1c(C(=O)c2ccc(C(C)(C)C)cc2)c(O)n(C(C)c2ccccc2)c(=O)c1C#N. The first kappa shape index (κ1) is 22.0. The van der Waals surface area contributed by atoms with Crippen molar-refractivity contribution in [1.82, 2.24) is 4.57 Å². The molecule has 3 aromatic rings. The van der Waals surface area contributed by atoms with Crippen LogP contribution in [0.1, 0.15) is 71.9 Å². The third kappa shape index (κ3) is 4.02. The third-order valence-corrected chi connectivity index (χ3v) is 5.66. The van der Waals surface area contributed by atoms with Gasteiger partial charge < -0.3 is 5.11 Å². The number of carbonyl (C=O) groups is 1. The topological polar surface area (TPSA) is 83.1 Å². The van der Waals surface area contributed by atoms with E-state index < -0.39 is 23.3 Å². The van der Waals surface area contributed by atoms with E-state index in [0.29, 0.717) is 5.56 Å². The van der Waals surface area contributed by atoms with Gasteiger partial charge in [0.15, 0.2) is 5.78 Å². The van der Waals surface area contributed by atoms with Gasteiger partial charge >= 0.3 is 0 Å². The van der Waals surface area contributed by atoms with Crippen LogP contribution in [0.2, 0.25) is 0 Å². The molecule has 0 amide bonds. The van der Waals surface area contributed by atoms with Crippen LogP contribution in [-0.2, 0) is 5.41 Å². The van der Waals surface area contributed by atoms with E-state index in [1.807, 2.05) is 48.5 Å². The molecule has 0 saturated heterocycles. The molecule has 2 aromatic carbocycles. The van der Waals surface area contributed by atoms with Crippen molar-refractivity contribution in [2.45, 2.75) is 46.1 Å². The van der Waals surface area contributed by atoms with Crippen LogP contribution in [0.25, 0.3) is 0 Å². The van der Waals surface area contributed by atoms with E-state index in [1.54, 1.807) is 19.1 Å². The molecule has 0 aliphatic rings. The summed E-state index contributed by atoms with van der Waals surface area (Å²) >= 11 is 0. The fraction of sp³-hybridized carbons (Fsp3) is 0.269. The molecule has 31 heavy (non-hydrogen) atoms. The van der Waals surface area contributed by atoms with Crippen molar-refractivity contribution in [2.75, 3.05) is 0 Å². The molecule has 1 aromatic heterocycles. The van der Waals surface area contributed by atoms with Gasteiger partial charge in [-0.05, 0) is 36.0 Å². The maximum absolute atomic E-state index is 13.4. The van der Waals surface area contributed by atoms with Gasteiger partial charge in [0, 0.05) is 5.56 Å². The molecular weight excluding hydrogens is 388 g/mol. The minimum atomic E-state index is -0.617. The molecule has 1 atom stereocenters. The molecule has 5 heteroatoms. The van der Waals surface area contributed by atoms with Gasteiger partial charge in [-0.2, -0.15) is 5.26 Å². The molecule has 5 nitrogen and oxygen atoms in total. The minimum absolute atomic E-state index is 0.0255. The largest absolute Gasteiger partial charge is 0.494 e. The van der Waals surface area contributed by atoms with Crippen LogP contribution in [0.3, 0.4) is 0 Å². The summed E-state index contributed by atoms with van der Waals surface area (Å²) in [4.78, 5) is 26.3. The zero-order valence-electron chi connectivity index (χ0n) is 18.4. The first-order valence-corrected chi connectivity index (χ1v) is 10.2. The first-order valence-electron chi connectivity index (χ1n) is 10.2. The first-order chi connectivity index (χ1) is 14.6. The average molecular weight is 415 g/mol. The van der Waals surface area contributed by atoms with E-state index in [2.05, 4.69) is 20.8 Å². The second-order valence-electron chi connectivity index (χ2n) is 8.73. The lowest BCUT2D eigenvalue weighted by Crippen LogP contribution is -2.29. The molecule has 1 N–H and O–H groups in total. The van der Waals surface area contributed by atoms with E-state index in [4.69, 9.17) is 0 Å². The molecule has 0 bridgehead atoms. The van der Waals surface area contributed by atoms with Crippen molar-refractivity contribution >= 4 is 5.78 Å². The number of rotatable bonds is 4. The summed E-state index contributed by atoms with van der Waals surface area (Å²) in [7, 11) is 0.